The molecule has 0 atom stereocenters. The summed E-state index contributed by atoms with van der Waals surface area (Å²) in [5.41, 5.74) is 0.385. The zero-order valence-electron chi connectivity index (χ0n) is 6.67. The second-order valence-corrected chi connectivity index (χ2v) is 2.81. The molecule has 2 heterocycles. The van der Waals surface area contributed by atoms with Gasteiger partial charge in [0.2, 0.25) is 10.9 Å². The maximum atomic E-state index is 10.4. The van der Waals surface area contributed by atoms with Crippen molar-refractivity contribution >= 4 is 28.9 Å². The van der Waals surface area contributed by atoms with Crippen LogP contribution < -0.4 is 0 Å². The molecule has 0 spiro atoms. The van der Waals surface area contributed by atoms with Crippen molar-refractivity contribution in [3.63, 3.8) is 0 Å². The van der Waals surface area contributed by atoms with Gasteiger partial charge in [0.25, 0.3) is 5.69 Å². The van der Waals surface area contributed by atoms with Crippen molar-refractivity contribution in [2.24, 2.45) is 15.2 Å². The van der Waals surface area contributed by atoms with Gasteiger partial charge in [0, 0.05) is 6.07 Å². The van der Waals surface area contributed by atoms with Gasteiger partial charge in [-0.3, -0.25) is 10.1 Å². The lowest BCUT2D eigenvalue weighted by molar-refractivity contribution is -0.384. The van der Waals surface area contributed by atoms with Gasteiger partial charge in [0.05, 0.1) is 16.8 Å². The smallest absolute Gasteiger partial charge is 0.287 e. The van der Waals surface area contributed by atoms with Gasteiger partial charge in [-0.25, -0.2) is 0 Å². The molecule has 1 aliphatic heterocycles. The number of hydrogen-bond acceptors (Lipinski definition) is 4. The lowest BCUT2D eigenvalue weighted by Gasteiger charge is -1.85. The van der Waals surface area contributed by atoms with Gasteiger partial charge in [-0.05, 0) is 12.2 Å². The third kappa shape index (κ3) is 1.42. The second kappa shape index (κ2) is 3.07. The van der Waals surface area contributed by atoms with E-state index in [1.54, 1.807) is 0 Å². The number of amidine groups is 1. The molecule has 0 fully saturated rings. The van der Waals surface area contributed by atoms with E-state index >= 15 is 0 Å². The molecule has 0 amide bonds. The Balaban J connectivity index is 2.35. The van der Waals surface area contributed by atoms with E-state index in [2.05, 4.69) is 32.4 Å². The number of rotatable bonds is 2. The van der Waals surface area contributed by atoms with Gasteiger partial charge in [-0.2, -0.15) is 4.99 Å². The summed E-state index contributed by atoms with van der Waals surface area (Å²) in [6, 6.07) is 1.33. The highest BCUT2D eigenvalue weighted by atomic mass is 32.1. The predicted molar refractivity (Wildman–Crippen MR) is 51.4 cm³/mol. The summed E-state index contributed by atoms with van der Waals surface area (Å²) in [7, 11) is 0. The van der Waals surface area contributed by atoms with Gasteiger partial charge in [0.1, 0.15) is 0 Å². The van der Waals surface area contributed by atoms with Crippen LogP contribution in [-0.2, 0) is 0 Å². The Bertz CT molecular complexity index is 474. The summed E-state index contributed by atoms with van der Waals surface area (Å²) in [5, 5.41) is 17.6. The Morgan fingerprint density at radius 3 is 2.79 bits per heavy atom. The number of azo groups is 1. The van der Waals surface area contributed by atoms with Gasteiger partial charge < -0.3 is 4.98 Å². The molecule has 14 heavy (non-hydrogen) atoms. The first-order valence-electron chi connectivity index (χ1n) is 3.54. The summed E-state index contributed by atoms with van der Waals surface area (Å²) in [5.74, 6) is 0.267. The average Bonchev–Trinajstić information content (AvgIpc) is 2.70. The maximum Gasteiger partial charge on any atom is 0.287 e. The highest BCUT2D eigenvalue weighted by molar-refractivity contribution is 7.80. The van der Waals surface area contributed by atoms with E-state index in [0.717, 1.165) is 0 Å². The highest BCUT2D eigenvalue weighted by Crippen LogP contribution is 2.15. The van der Waals surface area contributed by atoms with Crippen LogP contribution in [0.4, 0.5) is 5.69 Å². The van der Waals surface area contributed by atoms with Crippen LogP contribution in [0.3, 0.4) is 0 Å². The number of nitrogens with zero attached hydrogens (tertiary/aromatic N) is 4. The normalized spacial score (nSPS) is 14.6. The van der Waals surface area contributed by atoms with E-state index in [9.17, 15) is 10.1 Å². The summed E-state index contributed by atoms with van der Waals surface area (Å²) in [6.45, 7) is 0. The number of thiocarbonyl (C=S) groups is 1. The first-order valence-corrected chi connectivity index (χ1v) is 3.95. The average molecular weight is 209 g/mol. The minimum atomic E-state index is -0.509. The van der Waals surface area contributed by atoms with Gasteiger partial charge in [-0.1, -0.05) is 0 Å². The number of aromatic amines is 1. The first kappa shape index (κ1) is 8.63. The molecule has 1 aromatic heterocycles. The van der Waals surface area contributed by atoms with Crippen LogP contribution in [0.25, 0.3) is 0 Å². The van der Waals surface area contributed by atoms with E-state index < -0.39 is 4.92 Å². The van der Waals surface area contributed by atoms with E-state index in [1.165, 1.54) is 12.3 Å². The Morgan fingerprint density at radius 2 is 2.29 bits per heavy atom. The summed E-state index contributed by atoms with van der Waals surface area (Å²) >= 11 is 4.66. The van der Waals surface area contributed by atoms with Crippen LogP contribution in [0.15, 0.2) is 27.5 Å². The molecule has 0 bridgehead atoms. The quantitative estimate of drug-likeness (QED) is 0.453. The largest absolute Gasteiger partial charge is 0.353 e. The SMILES string of the molecule is O=[N+]([O-])c1c[nH]c(C2=NC(=S)N=N2)c1. The number of hydrogen-bond donors (Lipinski definition) is 1. The molecule has 0 radical (unpaired) electrons. The fraction of sp³-hybridized carbons (Fsp3) is 0. The minimum absolute atomic E-state index is 0.0456. The molecule has 2 rings (SSSR count). The molecule has 0 aliphatic carbocycles. The van der Waals surface area contributed by atoms with Crippen molar-refractivity contribution in [3.8, 4) is 0 Å². The first-order chi connectivity index (χ1) is 6.66. The number of aliphatic imine (C=N–C) groups is 1. The molecule has 70 valence electrons. The van der Waals surface area contributed by atoms with Crippen molar-refractivity contribution in [2.45, 2.75) is 0 Å². The number of H-pyrrole nitrogens is 1. The van der Waals surface area contributed by atoms with Crippen molar-refractivity contribution in [3.05, 3.63) is 28.1 Å². The van der Waals surface area contributed by atoms with Gasteiger partial charge in [0.15, 0.2) is 0 Å². The van der Waals surface area contributed by atoms with E-state index in [-0.39, 0.29) is 16.6 Å². The summed E-state index contributed by atoms with van der Waals surface area (Å²) in [4.78, 5) is 16.3. The van der Waals surface area contributed by atoms with Crippen LogP contribution in [0, 0.1) is 10.1 Å². The van der Waals surface area contributed by atoms with Crippen LogP contribution >= 0.6 is 12.2 Å². The lowest BCUT2D eigenvalue weighted by atomic mass is 10.4. The minimum Gasteiger partial charge on any atom is -0.353 e. The zero-order valence-corrected chi connectivity index (χ0v) is 7.48. The van der Waals surface area contributed by atoms with E-state index in [1.807, 2.05) is 0 Å². The molecule has 0 saturated carbocycles. The van der Waals surface area contributed by atoms with Crippen molar-refractivity contribution in [1.29, 1.82) is 0 Å². The Kier molecular flexibility index (Phi) is 1.89. The summed E-state index contributed by atoms with van der Waals surface area (Å²) < 4.78 is 0. The fourth-order valence-corrected chi connectivity index (χ4v) is 1.08. The predicted octanol–water partition coefficient (Wildman–Crippen LogP) is 1.42. The zero-order chi connectivity index (χ0) is 10.1. The number of nitro groups is 1. The van der Waals surface area contributed by atoms with Crippen LogP contribution in [0.2, 0.25) is 0 Å². The Hall–Kier alpha value is -1.96. The standard InChI is InChI=1S/C6H3N5O2S/c12-11(13)3-1-4(7-2-3)5-8-6(14)10-9-5/h1-2,7H. The Morgan fingerprint density at radius 1 is 1.50 bits per heavy atom. The topological polar surface area (TPSA) is 96.0 Å². The Labute approximate surface area is 82.7 Å². The monoisotopic (exact) mass is 209 g/mol. The third-order valence-corrected chi connectivity index (χ3v) is 1.72. The summed E-state index contributed by atoms with van der Waals surface area (Å²) in [6.07, 6.45) is 1.26. The molecule has 8 heteroatoms. The van der Waals surface area contributed by atoms with E-state index in [0.29, 0.717) is 5.69 Å². The maximum absolute atomic E-state index is 10.4. The molecular weight excluding hydrogens is 206 g/mol. The second-order valence-electron chi connectivity index (χ2n) is 2.45. The number of aromatic nitrogens is 1. The van der Waals surface area contributed by atoms with Gasteiger partial charge >= 0.3 is 0 Å². The highest BCUT2D eigenvalue weighted by Gasteiger charge is 2.15. The molecular formula is C6H3N5O2S. The molecule has 0 saturated heterocycles. The molecule has 1 aromatic rings. The van der Waals surface area contributed by atoms with Crippen molar-refractivity contribution in [1.82, 2.24) is 4.98 Å². The molecule has 7 nitrogen and oxygen atoms in total. The molecule has 1 N–H and O–H groups in total. The molecule has 0 aromatic carbocycles. The van der Waals surface area contributed by atoms with Crippen molar-refractivity contribution in [2.75, 3.05) is 0 Å². The van der Waals surface area contributed by atoms with Crippen LogP contribution in [0.1, 0.15) is 5.69 Å². The number of nitrogens with one attached hydrogen (secondary N) is 1. The van der Waals surface area contributed by atoms with Crippen molar-refractivity contribution < 1.29 is 4.92 Å². The molecule has 1 aliphatic rings. The van der Waals surface area contributed by atoms with Crippen LogP contribution in [-0.4, -0.2) is 20.9 Å². The lowest BCUT2D eigenvalue weighted by Crippen LogP contribution is -1.93. The van der Waals surface area contributed by atoms with Gasteiger partial charge in [-0.15, -0.1) is 10.2 Å². The fourth-order valence-electron chi connectivity index (χ4n) is 0.957. The van der Waals surface area contributed by atoms with Crippen LogP contribution in [0.5, 0.6) is 0 Å². The molecule has 0 unspecified atom stereocenters. The van der Waals surface area contributed by atoms with E-state index in [4.69, 9.17) is 0 Å². The third-order valence-electron chi connectivity index (χ3n) is 1.55.